The third-order valence-corrected chi connectivity index (χ3v) is 3.90. The third kappa shape index (κ3) is 2.70. The topological polar surface area (TPSA) is 29.0 Å². The standard InChI is InChI=1S/C14H16BrN3/c15-12-8-14-13(17-10-12)7-11(9-16-14)3-6-18-4-1-2-5-18/h7-10H,1-6H2. The normalized spacial score (nSPS) is 16.5. The van der Waals surface area contributed by atoms with E-state index in [4.69, 9.17) is 0 Å². The summed E-state index contributed by atoms with van der Waals surface area (Å²) in [5.74, 6) is 0. The number of hydrogen-bond donors (Lipinski definition) is 0. The van der Waals surface area contributed by atoms with Gasteiger partial charge in [-0.1, -0.05) is 0 Å². The van der Waals surface area contributed by atoms with Crippen molar-refractivity contribution in [3.8, 4) is 0 Å². The molecule has 1 aliphatic heterocycles. The van der Waals surface area contributed by atoms with E-state index in [1.165, 1.54) is 31.5 Å². The third-order valence-electron chi connectivity index (χ3n) is 3.47. The Hall–Kier alpha value is -1.00. The highest BCUT2D eigenvalue weighted by atomic mass is 79.9. The van der Waals surface area contributed by atoms with Gasteiger partial charge in [0.15, 0.2) is 0 Å². The maximum Gasteiger partial charge on any atom is 0.0898 e. The second-order valence-electron chi connectivity index (χ2n) is 4.83. The second-order valence-corrected chi connectivity index (χ2v) is 5.75. The fourth-order valence-electron chi connectivity index (χ4n) is 2.45. The lowest BCUT2D eigenvalue weighted by atomic mass is 10.2. The van der Waals surface area contributed by atoms with E-state index in [0.29, 0.717) is 0 Å². The Balaban J connectivity index is 1.74. The Morgan fingerprint density at radius 1 is 1.06 bits per heavy atom. The number of aromatic nitrogens is 2. The van der Waals surface area contributed by atoms with Gasteiger partial charge in [0, 0.05) is 23.4 Å². The lowest BCUT2D eigenvalue weighted by molar-refractivity contribution is 0.343. The van der Waals surface area contributed by atoms with Crippen LogP contribution < -0.4 is 0 Å². The first kappa shape index (κ1) is 12.1. The molecule has 0 radical (unpaired) electrons. The van der Waals surface area contributed by atoms with Crippen LogP contribution in [0.5, 0.6) is 0 Å². The Labute approximate surface area is 115 Å². The molecule has 0 aliphatic carbocycles. The van der Waals surface area contributed by atoms with Crippen molar-refractivity contribution in [2.45, 2.75) is 19.3 Å². The van der Waals surface area contributed by atoms with E-state index < -0.39 is 0 Å². The molecule has 1 aliphatic rings. The minimum atomic E-state index is 0.953. The van der Waals surface area contributed by atoms with Gasteiger partial charge < -0.3 is 4.90 Å². The molecule has 0 atom stereocenters. The fourth-order valence-corrected chi connectivity index (χ4v) is 2.77. The molecule has 18 heavy (non-hydrogen) atoms. The predicted molar refractivity (Wildman–Crippen MR) is 76.6 cm³/mol. The largest absolute Gasteiger partial charge is 0.303 e. The molecule has 94 valence electrons. The quantitative estimate of drug-likeness (QED) is 0.873. The Morgan fingerprint density at radius 2 is 1.78 bits per heavy atom. The smallest absolute Gasteiger partial charge is 0.0898 e. The van der Waals surface area contributed by atoms with Gasteiger partial charge in [-0.2, -0.15) is 0 Å². The zero-order chi connectivity index (χ0) is 12.4. The number of rotatable bonds is 3. The molecule has 4 heteroatoms. The van der Waals surface area contributed by atoms with Gasteiger partial charge in [0.25, 0.3) is 0 Å². The van der Waals surface area contributed by atoms with Gasteiger partial charge in [-0.05, 0) is 66.0 Å². The molecule has 1 fully saturated rings. The van der Waals surface area contributed by atoms with Crippen LogP contribution in [0.4, 0.5) is 0 Å². The van der Waals surface area contributed by atoms with Crippen molar-refractivity contribution in [3.63, 3.8) is 0 Å². The average molecular weight is 306 g/mol. The maximum atomic E-state index is 4.48. The molecular formula is C14H16BrN3. The molecule has 0 saturated carbocycles. The van der Waals surface area contributed by atoms with Crippen molar-refractivity contribution in [2.24, 2.45) is 0 Å². The number of likely N-dealkylation sites (tertiary alicyclic amines) is 1. The predicted octanol–water partition coefficient (Wildman–Crippen LogP) is 3.03. The van der Waals surface area contributed by atoms with E-state index in [1.807, 2.05) is 18.5 Å². The number of fused-ring (bicyclic) bond motifs is 1. The highest BCUT2D eigenvalue weighted by Crippen LogP contribution is 2.17. The number of hydrogen-bond acceptors (Lipinski definition) is 3. The lowest BCUT2D eigenvalue weighted by Gasteiger charge is -2.14. The molecule has 3 rings (SSSR count). The van der Waals surface area contributed by atoms with E-state index in [2.05, 4.69) is 36.9 Å². The van der Waals surface area contributed by atoms with Crippen LogP contribution in [0.2, 0.25) is 0 Å². The van der Waals surface area contributed by atoms with Crippen LogP contribution in [0.25, 0.3) is 11.0 Å². The first-order chi connectivity index (χ1) is 8.81. The summed E-state index contributed by atoms with van der Waals surface area (Å²) in [4.78, 5) is 11.4. The lowest BCUT2D eigenvalue weighted by Crippen LogP contribution is -2.21. The summed E-state index contributed by atoms with van der Waals surface area (Å²) in [5.41, 5.74) is 3.22. The van der Waals surface area contributed by atoms with Crippen LogP contribution >= 0.6 is 15.9 Å². The van der Waals surface area contributed by atoms with Gasteiger partial charge >= 0.3 is 0 Å². The summed E-state index contributed by atoms with van der Waals surface area (Å²) in [7, 11) is 0. The first-order valence-electron chi connectivity index (χ1n) is 6.44. The van der Waals surface area contributed by atoms with Crippen LogP contribution in [-0.4, -0.2) is 34.5 Å². The van der Waals surface area contributed by atoms with Crippen LogP contribution in [0.1, 0.15) is 18.4 Å². The summed E-state index contributed by atoms with van der Waals surface area (Å²) < 4.78 is 0.979. The first-order valence-corrected chi connectivity index (χ1v) is 7.23. The molecule has 2 aromatic rings. The van der Waals surface area contributed by atoms with Gasteiger partial charge in [0.1, 0.15) is 0 Å². The van der Waals surface area contributed by atoms with E-state index >= 15 is 0 Å². The monoisotopic (exact) mass is 305 g/mol. The summed E-state index contributed by atoms with van der Waals surface area (Å²) in [6.07, 6.45) is 7.58. The maximum absolute atomic E-state index is 4.48. The van der Waals surface area contributed by atoms with Crippen LogP contribution in [-0.2, 0) is 6.42 Å². The van der Waals surface area contributed by atoms with Crippen molar-refractivity contribution >= 4 is 27.0 Å². The molecule has 3 heterocycles. The minimum Gasteiger partial charge on any atom is -0.303 e. The fraction of sp³-hybridized carbons (Fsp3) is 0.429. The van der Waals surface area contributed by atoms with Crippen molar-refractivity contribution in [2.75, 3.05) is 19.6 Å². The Bertz CT molecular complexity index is 550. The molecule has 0 bridgehead atoms. The highest BCUT2D eigenvalue weighted by Gasteiger charge is 2.11. The Morgan fingerprint density at radius 3 is 2.61 bits per heavy atom. The highest BCUT2D eigenvalue weighted by molar-refractivity contribution is 9.10. The Kier molecular flexibility index (Phi) is 3.57. The minimum absolute atomic E-state index is 0.953. The molecule has 0 amide bonds. The second kappa shape index (κ2) is 5.33. The molecule has 2 aromatic heterocycles. The van der Waals surface area contributed by atoms with Crippen molar-refractivity contribution in [1.82, 2.24) is 14.9 Å². The molecule has 0 aromatic carbocycles. The van der Waals surface area contributed by atoms with E-state index in [0.717, 1.165) is 28.5 Å². The van der Waals surface area contributed by atoms with Crippen LogP contribution in [0.3, 0.4) is 0 Å². The molecule has 0 N–H and O–H groups in total. The van der Waals surface area contributed by atoms with Gasteiger partial charge in [-0.3, -0.25) is 9.97 Å². The van der Waals surface area contributed by atoms with E-state index in [1.54, 1.807) is 0 Å². The molecule has 0 unspecified atom stereocenters. The number of halogens is 1. The molecule has 0 spiro atoms. The van der Waals surface area contributed by atoms with Crippen LogP contribution in [0, 0.1) is 0 Å². The van der Waals surface area contributed by atoms with Crippen LogP contribution in [0.15, 0.2) is 29.0 Å². The average Bonchev–Trinajstić information content (AvgIpc) is 2.89. The summed E-state index contributed by atoms with van der Waals surface area (Å²) >= 11 is 3.42. The van der Waals surface area contributed by atoms with Gasteiger partial charge in [-0.25, -0.2) is 0 Å². The molecular weight excluding hydrogens is 290 g/mol. The van der Waals surface area contributed by atoms with E-state index in [-0.39, 0.29) is 0 Å². The van der Waals surface area contributed by atoms with Crippen molar-refractivity contribution in [3.05, 3.63) is 34.6 Å². The number of nitrogens with zero attached hydrogens (tertiary/aromatic N) is 3. The number of pyridine rings is 2. The van der Waals surface area contributed by atoms with Gasteiger partial charge in [0.2, 0.25) is 0 Å². The van der Waals surface area contributed by atoms with Crippen molar-refractivity contribution in [1.29, 1.82) is 0 Å². The SMILES string of the molecule is Brc1cnc2cc(CCN3CCCC3)cnc2c1. The summed E-state index contributed by atoms with van der Waals surface area (Å²) in [6, 6.07) is 4.16. The molecule has 1 saturated heterocycles. The van der Waals surface area contributed by atoms with E-state index in [9.17, 15) is 0 Å². The van der Waals surface area contributed by atoms with Gasteiger partial charge in [0.05, 0.1) is 11.0 Å². The zero-order valence-corrected chi connectivity index (χ0v) is 11.9. The summed E-state index contributed by atoms with van der Waals surface area (Å²) in [5, 5.41) is 0. The zero-order valence-electron chi connectivity index (χ0n) is 10.3. The van der Waals surface area contributed by atoms with Gasteiger partial charge in [-0.15, -0.1) is 0 Å². The molecule has 3 nitrogen and oxygen atoms in total. The summed E-state index contributed by atoms with van der Waals surface area (Å²) in [6.45, 7) is 3.65. The van der Waals surface area contributed by atoms with Crippen molar-refractivity contribution < 1.29 is 0 Å².